The van der Waals surface area contributed by atoms with Crippen LogP contribution in [0.4, 0.5) is 19.3 Å². The molecule has 0 saturated carbocycles. The maximum absolute atomic E-state index is 13.4. The number of hydrogen-bond acceptors (Lipinski definition) is 3. The molecule has 0 fully saturated rings. The smallest absolute Gasteiger partial charge is 0.412 e. The molecule has 0 aromatic heterocycles. The van der Waals surface area contributed by atoms with Crippen molar-refractivity contribution in [3.63, 3.8) is 0 Å². The third kappa shape index (κ3) is 3.41. The molecule has 19 heavy (non-hydrogen) atoms. The van der Waals surface area contributed by atoms with Gasteiger partial charge in [-0.15, -0.1) is 0 Å². The van der Waals surface area contributed by atoms with Gasteiger partial charge in [-0.05, 0) is 6.07 Å². The number of carboxylic acid groups (broad SMARTS) is 1. The van der Waals surface area contributed by atoms with Gasteiger partial charge in [0.25, 0.3) is 0 Å². The summed E-state index contributed by atoms with van der Waals surface area (Å²) in [4.78, 5) is 22.0. The molecule has 0 heterocycles. The summed E-state index contributed by atoms with van der Waals surface area (Å²) in [5.74, 6) is -4.50. The molecule has 0 saturated heterocycles. The van der Waals surface area contributed by atoms with Crippen molar-refractivity contribution in [2.45, 2.75) is 0 Å². The number of anilines is 1. The summed E-state index contributed by atoms with van der Waals surface area (Å²) < 4.78 is 31.1. The first-order valence-corrected chi connectivity index (χ1v) is 5.21. The van der Waals surface area contributed by atoms with Crippen molar-refractivity contribution in [1.82, 2.24) is 0 Å². The molecule has 1 rings (SSSR count). The van der Waals surface area contributed by atoms with Gasteiger partial charge in [0.05, 0.1) is 10.6 Å². The van der Waals surface area contributed by atoms with E-state index in [1.54, 1.807) is 0 Å². The molecule has 0 aliphatic rings. The fraction of sp³-hybridized carbons (Fsp3) is 0.0909. The lowest BCUT2D eigenvalue weighted by Gasteiger charge is -2.10. The summed E-state index contributed by atoms with van der Waals surface area (Å²) >= 11 is 5.58. The van der Waals surface area contributed by atoms with Gasteiger partial charge in [-0.3, -0.25) is 5.32 Å². The standard InChI is InChI=1S/C11H8ClF2NO4/c1-2-3-19-11(18)15-9-7(12)5(10(16)17)4-6(13)8(9)14/h2,4H,1,3H2,(H,15,18)(H,16,17). The quantitative estimate of drug-likeness (QED) is 0.660. The number of hydrogen-bond donors (Lipinski definition) is 2. The van der Waals surface area contributed by atoms with Gasteiger partial charge in [0, 0.05) is 0 Å². The molecule has 0 atom stereocenters. The first-order valence-electron chi connectivity index (χ1n) is 4.84. The minimum absolute atomic E-state index is 0.161. The number of carboxylic acids is 1. The molecule has 0 aliphatic carbocycles. The second-order valence-electron chi connectivity index (χ2n) is 3.23. The van der Waals surface area contributed by atoms with Crippen LogP contribution in [0.25, 0.3) is 0 Å². The molecule has 1 aromatic rings. The average molecular weight is 292 g/mol. The Morgan fingerprint density at radius 3 is 2.68 bits per heavy atom. The van der Waals surface area contributed by atoms with Crippen LogP contribution in [-0.2, 0) is 4.74 Å². The van der Waals surface area contributed by atoms with E-state index in [0.717, 1.165) is 0 Å². The Morgan fingerprint density at radius 2 is 2.16 bits per heavy atom. The minimum atomic E-state index is -1.56. The number of amides is 1. The molecule has 8 heteroatoms. The average Bonchev–Trinajstić information content (AvgIpc) is 2.36. The van der Waals surface area contributed by atoms with Gasteiger partial charge in [0.15, 0.2) is 11.6 Å². The van der Waals surface area contributed by atoms with Crippen molar-refractivity contribution in [3.05, 3.63) is 40.9 Å². The SMILES string of the molecule is C=CCOC(=O)Nc1c(F)c(F)cc(C(=O)O)c1Cl. The van der Waals surface area contributed by atoms with Gasteiger partial charge in [0.2, 0.25) is 0 Å². The number of rotatable bonds is 4. The Kier molecular flexibility index (Phi) is 4.82. The van der Waals surface area contributed by atoms with Crippen LogP contribution in [0.2, 0.25) is 5.02 Å². The molecule has 102 valence electrons. The largest absolute Gasteiger partial charge is 0.478 e. The van der Waals surface area contributed by atoms with Crippen LogP contribution >= 0.6 is 11.6 Å². The summed E-state index contributed by atoms with van der Waals surface area (Å²) in [5, 5.41) is 9.94. The molecule has 0 spiro atoms. The normalized spacial score (nSPS) is 9.84. The van der Waals surface area contributed by atoms with E-state index in [9.17, 15) is 18.4 Å². The van der Waals surface area contributed by atoms with Crippen LogP contribution in [0, 0.1) is 11.6 Å². The first-order chi connectivity index (χ1) is 8.88. The van der Waals surface area contributed by atoms with E-state index in [4.69, 9.17) is 16.7 Å². The Bertz CT molecular complexity index is 548. The molecule has 5 nitrogen and oxygen atoms in total. The highest BCUT2D eigenvalue weighted by Gasteiger charge is 2.22. The maximum atomic E-state index is 13.4. The van der Waals surface area contributed by atoms with Crippen LogP contribution in [-0.4, -0.2) is 23.8 Å². The van der Waals surface area contributed by atoms with Crippen LogP contribution < -0.4 is 5.32 Å². The second kappa shape index (κ2) is 6.14. The molecule has 0 unspecified atom stereocenters. The number of halogens is 3. The fourth-order valence-corrected chi connectivity index (χ4v) is 1.41. The van der Waals surface area contributed by atoms with E-state index in [-0.39, 0.29) is 6.61 Å². The van der Waals surface area contributed by atoms with Crippen molar-refractivity contribution >= 4 is 29.4 Å². The fourth-order valence-electron chi connectivity index (χ4n) is 1.14. The zero-order valence-electron chi connectivity index (χ0n) is 9.37. The predicted molar refractivity (Wildman–Crippen MR) is 63.5 cm³/mol. The van der Waals surface area contributed by atoms with Crippen molar-refractivity contribution in [2.24, 2.45) is 0 Å². The molecule has 0 bridgehead atoms. The second-order valence-corrected chi connectivity index (χ2v) is 3.60. The van der Waals surface area contributed by atoms with Gasteiger partial charge in [-0.25, -0.2) is 18.4 Å². The molecule has 0 radical (unpaired) electrons. The first kappa shape index (κ1) is 14.9. The van der Waals surface area contributed by atoms with Gasteiger partial charge in [0.1, 0.15) is 12.3 Å². The van der Waals surface area contributed by atoms with Crippen molar-refractivity contribution in [3.8, 4) is 0 Å². The number of nitrogens with one attached hydrogen (secondary N) is 1. The Morgan fingerprint density at radius 1 is 1.53 bits per heavy atom. The van der Waals surface area contributed by atoms with E-state index < -0.39 is 40.0 Å². The Hall–Kier alpha value is -2.15. The lowest BCUT2D eigenvalue weighted by atomic mass is 10.2. The molecule has 1 amide bonds. The zero-order chi connectivity index (χ0) is 14.6. The predicted octanol–water partition coefficient (Wildman–Crippen LogP) is 3.05. The van der Waals surface area contributed by atoms with Gasteiger partial charge < -0.3 is 9.84 Å². The lowest BCUT2D eigenvalue weighted by Crippen LogP contribution is -2.16. The highest BCUT2D eigenvalue weighted by Crippen LogP contribution is 2.31. The summed E-state index contributed by atoms with van der Waals surface area (Å²) in [5.41, 5.74) is -1.48. The summed E-state index contributed by atoms with van der Waals surface area (Å²) in [6.45, 7) is 3.12. The van der Waals surface area contributed by atoms with Crippen LogP contribution in [0.1, 0.15) is 10.4 Å². The van der Waals surface area contributed by atoms with Crippen LogP contribution in [0.5, 0.6) is 0 Å². The van der Waals surface area contributed by atoms with Gasteiger partial charge >= 0.3 is 12.1 Å². The Balaban J connectivity index is 3.15. The molecular formula is C11H8ClF2NO4. The number of ether oxygens (including phenoxy) is 1. The highest BCUT2D eigenvalue weighted by molar-refractivity contribution is 6.36. The summed E-state index contributed by atoms with van der Waals surface area (Å²) in [6.07, 6.45) is 0.133. The zero-order valence-corrected chi connectivity index (χ0v) is 10.1. The number of aromatic carboxylic acids is 1. The third-order valence-electron chi connectivity index (χ3n) is 1.95. The maximum Gasteiger partial charge on any atom is 0.412 e. The lowest BCUT2D eigenvalue weighted by molar-refractivity contribution is 0.0696. The topological polar surface area (TPSA) is 75.6 Å². The van der Waals surface area contributed by atoms with Gasteiger partial charge in [-0.1, -0.05) is 24.3 Å². The summed E-state index contributed by atoms with van der Waals surface area (Å²) in [7, 11) is 0. The Labute approximate surface area is 111 Å². The monoisotopic (exact) mass is 291 g/mol. The van der Waals surface area contributed by atoms with E-state index >= 15 is 0 Å². The number of carbonyl (C=O) groups is 2. The number of carbonyl (C=O) groups excluding carboxylic acids is 1. The minimum Gasteiger partial charge on any atom is -0.478 e. The molecule has 0 aliphatic heterocycles. The van der Waals surface area contributed by atoms with Crippen molar-refractivity contribution < 1.29 is 28.2 Å². The van der Waals surface area contributed by atoms with E-state index in [2.05, 4.69) is 11.3 Å². The number of benzene rings is 1. The van der Waals surface area contributed by atoms with Crippen molar-refractivity contribution in [1.29, 1.82) is 0 Å². The van der Waals surface area contributed by atoms with E-state index in [1.165, 1.54) is 6.08 Å². The highest BCUT2D eigenvalue weighted by atomic mass is 35.5. The third-order valence-corrected chi connectivity index (χ3v) is 2.34. The van der Waals surface area contributed by atoms with Crippen LogP contribution in [0.15, 0.2) is 18.7 Å². The summed E-state index contributed by atoms with van der Waals surface area (Å²) in [6, 6.07) is 0.417. The molecular weight excluding hydrogens is 284 g/mol. The molecule has 1 aromatic carbocycles. The van der Waals surface area contributed by atoms with Gasteiger partial charge in [-0.2, -0.15) is 0 Å². The van der Waals surface area contributed by atoms with E-state index in [1.807, 2.05) is 5.32 Å². The van der Waals surface area contributed by atoms with Crippen LogP contribution in [0.3, 0.4) is 0 Å². The molecule has 2 N–H and O–H groups in total. The van der Waals surface area contributed by atoms with Crippen molar-refractivity contribution in [2.75, 3.05) is 11.9 Å². The van der Waals surface area contributed by atoms with E-state index in [0.29, 0.717) is 6.07 Å².